The van der Waals surface area contributed by atoms with E-state index < -0.39 is 5.60 Å². The fourth-order valence-corrected chi connectivity index (χ4v) is 7.38. The van der Waals surface area contributed by atoms with Crippen molar-refractivity contribution < 1.29 is 19.7 Å². The third kappa shape index (κ3) is 35.7. The molecule has 0 aliphatic rings. The number of aliphatic hydroxyl groups is 2. The van der Waals surface area contributed by atoms with E-state index >= 15 is 0 Å². The van der Waals surface area contributed by atoms with Crippen LogP contribution in [0.2, 0.25) is 0 Å². The van der Waals surface area contributed by atoms with Crippen LogP contribution >= 0.6 is 0 Å². The van der Waals surface area contributed by atoms with E-state index in [0.29, 0.717) is 6.42 Å². The first-order valence-electron chi connectivity index (χ1n) is 22.6. The summed E-state index contributed by atoms with van der Waals surface area (Å²) in [6.45, 7) is 12.0. The van der Waals surface area contributed by atoms with E-state index in [1.165, 1.54) is 161 Å². The van der Waals surface area contributed by atoms with Gasteiger partial charge in [-0.3, -0.25) is 4.79 Å². The Morgan fingerprint density at radius 3 is 1.30 bits per heavy atom. The summed E-state index contributed by atoms with van der Waals surface area (Å²) < 4.78 is 6.03. The Labute approximate surface area is 313 Å². The summed E-state index contributed by atoms with van der Waals surface area (Å²) in [4.78, 5) is 15.1. The zero-order valence-electron chi connectivity index (χ0n) is 34.6. The first-order chi connectivity index (χ1) is 24.4. The number of hydrogen-bond donors (Lipinski definition) is 2. The number of hydrogen-bond acceptors (Lipinski definition) is 5. The zero-order valence-corrected chi connectivity index (χ0v) is 34.6. The van der Waals surface area contributed by atoms with E-state index in [4.69, 9.17) is 4.74 Å². The first-order valence-corrected chi connectivity index (χ1v) is 22.6. The minimum Gasteiger partial charge on any atom is -0.462 e. The molecule has 0 rings (SSSR count). The van der Waals surface area contributed by atoms with E-state index in [0.717, 1.165) is 71.0 Å². The number of carbonyl (C=O) groups excluding carboxylic acids is 1. The van der Waals surface area contributed by atoms with Gasteiger partial charge in [-0.25, -0.2) is 0 Å². The van der Waals surface area contributed by atoms with Crippen molar-refractivity contribution in [3.8, 4) is 0 Å². The van der Waals surface area contributed by atoms with E-state index in [-0.39, 0.29) is 18.7 Å². The third-order valence-corrected chi connectivity index (χ3v) is 10.8. The predicted octanol–water partition coefficient (Wildman–Crippen LogP) is 13.3. The topological polar surface area (TPSA) is 70.0 Å². The molecule has 0 fully saturated rings. The quantitative estimate of drug-likeness (QED) is 0.0488. The molecule has 0 aliphatic carbocycles. The van der Waals surface area contributed by atoms with Crippen molar-refractivity contribution in [2.24, 2.45) is 0 Å². The van der Waals surface area contributed by atoms with Crippen LogP contribution in [0.4, 0.5) is 0 Å². The number of nitrogens with zero attached hydrogens (tertiary/aromatic N) is 1. The molecule has 5 heteroatoms. The Morgan fingerprint density at radius 2 is 0.880 bits per heavy atom. The average molecular weight is 710 g/mol. The van der Waals surface area contributed by atoms with Crippen molar-refractivity contribution >= 4 is 5.97 Å². The molecule has 300 valence electrons. The molecule has 0 aromatic heterocycles. The molecule has 5 nitrogen and oxygen atoms in total. The summed E-state index contributed by atoms with van der Waals surface area (Å²) in [5, 5.41) is 20.3. The molecule has 0 heterocycles. The van der Waals surface area contributed by atoms with Crippen LogP contribution in [0.3, 0.4) is 0 Å². The van der Waals surface area contributed by atoms with Crippen LogP contribution in [0.25, 0.3) is 0 Å². The molecule has 0 aromatic rings. The van der Waals surface area contributed by atoms with Gasteiger partial charge >= 0.3 is 5.97 Å². The summed E-state index contributed by atoms with van der Waals surface area (Å²) >= 11 is 0. The maximum absolute atomic E-state index is 12.7. The lowest BCUT2D eigenvalue weighted by Crippen LogP contribution is -2.29. The molecule has 0 spiro atoms. The minimum absolute atomic E-state index is 0.0245. The molecule has 1 unspecified atom stereocenters. The lowest BCUT2D eigenvalue weighted by atomic mass is 9.91. The van der Waals surface area contributed by atoms with Crippen LogP contribution in [0.5, 0.6) is 0 Å². The Hall–Kier alpha value is -0.650. The highest BCUT2D eigenvalue weighted by molar-refractivity contribution is 5.69. The molecule has 0 bridgehead atoms. The van der Waals surface area contributed by atoms with Crippen LogP contribution < -0.4 is 0 Å². The highest BCUT2D eigenvalue weighted by atomic mass is 16.5. The fourth-order valence-electron chi connectivity index (χ4n) is 7.38. The molecule has 0 aromatic carbocycles. The molecule has 50 heavy (non-hydrogen) atoms. The van der Waals surface area contributed by atoms with Gasteiger partial charge in [0.2, 0.25) is 0 Å². The number of ether oxygens (including phenoxy) is 1. The Balaban J connectivity index is 4.00. The van der Waals surface area contributed by atoms with Gasteiger partial charge in [0.15, 0.2) is 0 Å². The summed E-state index contributed by atoms with van der Waals surface area (Å²) in [5.74, 6) is 0.0245. The van der Waals surface area contributed by atoms with Crippen LogP contribution in [0.15, 0.2) is 0 Å². The van der Waals surface area contributed by atoms with Gasteiger partial charge in [0.25, 0.3) is 0 Å². The Kier molecular flexibility index (Phi) is 37.6. The molecule has 0 saturated heterocycles. The Bertz CT molecular complexity index is 668. The van der Waals surface area contributed by atoms with Gasteiger partial charge in [0, 0.05) is 13.0 Å². The number of carbonyl (C=O) groups is 1. The largest absolute Gasteiger partial charge is 0.462 e. The summed E-state index contributed by atoms with van der Waals surface area (Å²) in [7, 11) is 0. The van der Waals surface area contributed by atoms with Crippen molar-refractivity contribution in [2.75, 3.05) is 26.2 Å². The van der Waals surface area contributed by atoms with Crippen LogP contribution in [0, 0.1) is 0 Å². The number of esters is 1. The lowest BCUT2D eigenvalue weighted by Gasteiger charge is -2.23. The maximum Gasteiger partial charge on any atom is 0.306 e. The monoisotopic (exact) mass is 710 g/mol. The molecular weight excluding hydrogens is 618 g/mol. The van der Waals surface area contributed by atoms with Crippen LogP contribution in [-0.4, -0.2) is 59.0 Å². The van der Waals surface area contributed by atoms with E-state index in [9.17, 15) is 15.0 Å². The van der Waals surface area contributed by atoms with Gasteiger partial charge in [-0.1, -0.05) is 175 Å². The molecule has 0 amide bonds. The number of unbranched alkanes of at least 4 members (excludes halogenated alkanes) is 24. The molecule has 0 radical (unpaired) electrons. The minimum atomic E-state index is -0.482. The summed E-state index contributed by atoms with van der Waals surface area (Å²) in [6.07, 6.45) is 40.8. The normalized spacial score (nSPS) is 13.0. The van der Waals surface area contributed by atoms with Gasteiger partial charge in [0.05, 0.1) is 12.2 Å². The maximum atomic E-state index is 12.7. The van der Waals surface area contributed by atoms with Crippen molar-refractivity contribution in [2.45, 2.75) is 258 Å². The molecule has 0 saturated carbocycles. The van der Waals surface area contributed by atoms with E-state index in [2.05, 4.69) is 25.7 Å². The van der Waals surface area contributed by atoms with Crippen LogP contribution in [-0.2, 0) is 9.53 Å². The highest BCUT2D eigenvalue weighted by Gasteiger charge is 2.19. The SMILES string of the molecule is CCCCCCCCC(CCCCCCCC)OC(=O)CCCCCCCN(CCO)CCCCCCCCC(C)(O)CCCCCCCC. The predicted molar refractivity (Wildman–Crippen MR) is 218 cm³/mol. The molecular formula is C45H91NO4. The van der Waals surface area contributed by atoms with E-state index in [1.54, 1.807) is 0 Å². The van der Waals surface area contributed by atoms with Gasteiger partial charge in [-0.2, -0.15) is 0 Å². The van der Waals surface area contributed by atoms with E-state index in [1.807, 2.05) is 6.92 Å². The second kappa shape index (κ2) is 38.1. The van der Waals surface area contributed by atoms with Crippen molar-refractivity contribution in [3.63, 3.8) is 0 Å². The fraction of sp³-hybridized carbons (Fsp3) is 0.978. The third-order valence-electron chi connectivity index (χ3n) is 10.8. The summed E-state index contributed by atoms with van der Waals surface area (Å²) in [5.41, 5.74) is -0.482. The van der Waals surface area contributed by atoms with Gasteiger partial charge < -0.3 is 19.8 Å². The second-order valence-electron chi connectivity index (χ2n) is 16.2. The van der Waals surface area contributed by atoms with Gasteiger partial charge in [0.1, 0.15) is 6.10 Å². The van der Waals surface area contributed by atoms with Crippen molar-refractivity contribution in [3.05, 3.63) is 0 Å². The lowest BCUT2D eigenvalue weighted by molar-refractivity contribution is -0.150. The molecule has 0 aliphatic heterocycles. The highest BCUT2D eigenvalue weighted by Crippen LogP contribution is 2.23. The van der Waals surface area contributed by atoms with Crippen molar-refractivity contribution in [1.29, 1.82) is 0 Å². The van der Waals surface area contributed by atoms with Gasteiger partial charge in [-0.15, -0.1) is 0 Å². The van der Waals surface area contributed by atoms with Crippen molar-refractivity contribution in [1.82, 2.24) is 4.90 Å². The number of aliphatic hydroxyl groups excluding tert-OH is 1. The molecule has 2 N–H and O–H groups in total. The van der Waals surface area contributed by atoms with Crippen LogP contribution in [0.1, 0.15) is 246 Å². The first kappa shape index (κ1) is 49.4. The summed E-state index contributed by atoms with van der Waals surface area (Å²) in [6, 6.07) is 0. The smallest absolute Gasteiger partial charge is 0.306 e. The standard InChI is InChI=1S/C45H91NO4/c1-5-8-11-14-20-27-34-43(35-28-21-15-12-9-6-2)50-44(48)36-29-22-19-26-33-40-46(41-42-47)39-32-25-18-17-24-31-38-45(4,49)37-30-23-16-13-10-7-3/h43,47,49H,5-42H2,1-4H3. The average Bonchev–Trinajstić information content (AvgIpc) is 3.09. The molecule has 1 atom stereocenters. The zero-order chi connectivity index (χ0) is 36.8. The Morgan fingerprint density at radius 1 is 0.520 bits per heavy atom. The second-order valence-corrected chi connectivity index (χ2v) is 16.2. The number of rotatable bonds is 41. The van der Waals surface area contributed by atoms with Gasteiger partial charge in [-0.05, 0) is 77.8 Å².